The second-order valence-electron chi connectivity index (χ2n) is 5.40. The summed E-state index contributed by atoms with van der Waals surface area (Å²) >= 11 is 0. The van der Waals surface area contributed by atoms with E-state index in [1.54, 1.807) is 0 Å². The summed E-state index contributed by atoms with van der Waals surface area (Å²) in [6.07, 6.45) is 0. The molecule has 2 heteroatoms. The lowest BCUT2D eigenvalue weighted by atomic mass is 10.0. The van der Waals surface area contributed by atoms with Crippen molar-refractivity contribution in [1.82, 2.24) is 5.32 Å². The van der Waals surface area contributed by atoms with E-state index in [4.69, 9.17) is 0 Å². The molecule has 0 atom stereocenters. The number of hydrogen-bond donors (Lipinski definition) is 1. The van der Waals surface area contributed by atoms with Crippen LogP contribution in [-0.2, 0) is 0 Å². The molecule has 0 aliphatic heterocycles. The highest BCUT2D eigenvalue weighted by molar-refractivity contribution is 5.98. The van der Waals surface area contributed by atoms with Crippen LogP contribution in [-0.4, -0.2) is 17.9 Å². The lowest BCUT2D eigenvalue weighted by Crippen LogP contribution is -2.39. The maximum Gasteiger partial charge on any atom is 0.176 e. The standard InChI is InChI=1S/C14H21NO/c1-10-6-11(2)8-12(7-10)13(16)9-15-14(3,4)5/h6-8,15H,9H2,1-5H3. The first-order valence-electron chi connectivity index (χ1n) is 5.64. The zero-order valence-corrected chi connectivity index (χ0v) is 10.8. The highest BCUT2D eigenvalue weighted by Gasteiger charge is 2.12. The Morgan fingerprint density at radius 3 is 2.06 bits per heavy atom. The van der Waals surface area contributed by atoms with Gasteiger partial charge in [0, 0.05) is 11.1 Å². The number of carbonyl (C=O) groups is 1. The number of ketones is 1. The summed E-state index contributed by atoms with van der Waals surface area (Å²) in [5, 5.41) is 3.21. The molecule has 0 aliphatic rings. The van der Waals surface area contributed by atoms with Crippen molar-refractivity contribution in [1.29, 1.82) is 0 Å². The molecule has 0 bridgehead atoms. The van der Waals surface area contributed by atoms with Gasteiger partial charge in [-0.15, -0.1) is 0 Å². The van der Waals surface area contributed by atoms with E-state index in [0.29, 0.717) is 6.54 Å². The smallest absolute Gasteiger partial charge is 0.176 e. The third-order valence-corrected chi connectivity index (χ3v) is 2.32. The van der Waals surface area contributed by atoms with Crippen molar-refractivity contribution in [3.63, 3.8) is 0 Å². The molecule has 0 heterocycles. The van der Waals surface area contributed by atoms with Gasteiger partial charge in [-0.3, -0.25) is 4.79 Å². The van der Waals surface area contributed by atoms with Gasteiger partial charge in [-0.1, -0.05) is 17.2 Å². The minimum atomic E-state index is -0.0193. The topological polar surface area (TPSA) is 29.1 Å². The van der Waals surface area contributed by atoms with Crippen LogP contribution < -0.4 is 5.32 Å². The molecule has 0 spiro atoms. The number of nitrogens with one attached hydrogen (secondary N) is 1. The maximum absolute atomic E-state index is 11.9. The fraction of sp³-hybridized carbons (Fsp3) is 0.500. The molecular formula is C14H21NO. The minimum absolute atomic E-state index is 0.0193. The van der Waals surface area contributed by atoms with Gasteiger partial charge in [0.1, 0.15) is 0 Å². The average molecular weight is 219 g/mol. The van der Waals surface area contributed by atoms with Gasteiger partial charge in [0.05, 0.1) is 6.54 Å². The van der Waals surface area contributed by atoms with Crippen molar-refractivity contribution in [3.8, 4) is 0 Å². The van der Waals surface area contributed by atoms with Crippen molar-refractivity contribution in [2.75, 3.05) is 6.54 Å². The number of Topliss-reactive ketones (excluding diaryl/α,β-unsaturated/α-hetero) is 1. The number of aryl methyl sites for hydroxylation is 2. The van der Waals surface area contributed by atoms with Crippen LogP contribution in [0.5, 0.6) is 0 Å². The molecule has 1 aromatic carbocycles. The second kappa shape index (κ2) is 4.79. The lowest BCUT2D eigenvalue weighted by molar-refractivity contribution is 0.0982. The largest absolute Gasteiger partial charge is 0.305 e. The molecular weight excluding hydrogens is 198 g/mol. The zero-order chi connectivity index (χ0) is 12.3. The Bertz CT molecular complexity index is 368. The number of hydrogen-bond acceptors (Lipinski definition) is 2. The molecule has 88 valence electrons. The monoisotopic (exact) mass is 219 g/mol. The second-order valence-corrected chi connectivity index (χ2v) is 5.40. The Balaban J connectivity index is 2.73. The summed E-state index contributed by atoms with van der Waals surface area (Å²) in [5.74, 6) is 0.154. The highest BCUT2D eigenvalue weighted by atomic mass is 16.1. The molecule has 0 aliphatic carbocycles. The molecule has 1 N–H and O–H groups in total. The summed E-state index contributed by atoms with van der Waals surface area (Å²) in [6.45, 7) is 10.6. The van der Waals surface area contributed by atoms with Crippen LogP contribution >= 0.6 is 0 Å². The van der Waals surface area contributed by atoms with E-state index >= 15 is 0 Å². The fourth-order valence-corrected chi connectivity index (χ4v) is 1.58. The average Bonchev–Trinajstić information content (AvgIpc) is 2.11. The predicted molar refractivity (Wildman–Crippen MR) is 68.0 cm³/mol. The van der Waals surface area contributed by atoms with Gasteiger partial charge in [-0.05, 0) is 46.8 Å². The first-order valence-corrected chi connectivity index (χ1v) is 5.64. The first kappa shape index (κ1) is 12.9. The molecule has 0 saturated carbocycles. The van der Waals surface area contributed by atoms with E-state index in [9.17, 15) is 4.79 Å². The van der Waals surface area contributed by atoms with Crippen LogP contribution in [0.2, 0.25) is 0 Å². The van der Waals surface area contributed by atoms with Gasteiger partial charge in [-0.2, -0.15) is 0 Å². The van der Waals surface area contributed by atoms with Crippen molar-refractivity contribution in [2.45, 2.75) is 40.2 Å². The Labute approximate surface area is 98.1 Å². The Hall–Kier alpha value is -1.15. The summed E-state index contributed by atoms with van der Waals surface area (Å²) in [4.78, 5) is 11.9. The first-order chi connectivity index (χ1) is 7.28. The van der Waals surface area contributed by atoms with Crippen LogP contribution in [0.3, 0.4) is 0 Å². The summed E-state index contributed by atoms with van der Waals surface area (Å²) in [6, 6.07) is 5.97. The van der Waals surface area contributed by atoms with Gasteiger partial charge < -0.3 is 5.32 Å². The van der Waals surface area contributed by atoms with Crippen molar-refractivity contribution in [2.24, 2.45) is 0 Å². The highest BCUT2D eigenvalue weighted by Crippen LogP contribution is 2.09. The van der Waals surface area contributed by atoms with Gasteiger partial charge in [0.25, 0.3) is 0 Å². The van der Waals surface area contributed by atoms with Gasteiger partial charge >= 0.3 is 0 Å². The van der Waals surface area contributed by atoms with E-state index in [2.05, 4.69) is 32.2 Å². The van der Waals surface area contributed by atoms with Crippen LogP contribution in [0.15, 0.2) is 18.2 Å². The van der Waals surface area contributed by atoms with E-state index < -0.39 is 0 Å². The molecule has 0 aromatic heterocycles. The van der Waals surface area contributed by atoms with E-state index in [1.165, 1.54) is 0 Å². The molecule has 2 nitrogen and oxygen atoms in total. The predicted octanol–water partition coefficient (Wildman–Crippen LogP) is 2.87. The van der Waals surface area contributed by atoms with Crippen molar-refractivity contribution < 1.29 is 4.79 Å². The molecule has 0 saturated heterocycles. The fourth-order valence-electron chi connectivity index (χ4n) is 1.58. The van der Waals surface area contributed by atoms with E-state index in [0.717, 1.165) is 16.7 Å². The summed E-state index contributed by atoms with van der Waals surface area (Å²) in [5.41, 5.74) is 3.06. The van der Waals surface area contributed by atoms with Gasteiger partial charge in [0.15, 0.2) is 5.78 Å². The molecule has 1 rings (SSSR count). The SMILES string of the molecule is Cc1cc(C)cc(C(=O)CNC(C)(C)C)c1. The third kappa shape index (κ3) is 4.15. The molecule has 16 heavy (non-hydrogen) atoms. The number of carbonyl (C=O) groups excluding carboxylic acids is 1. The molecule has 0 fully saturated rings. The Morgan fingerprint density at radius 2 is 1.62 bits per heavy atom. The van der Waals surface area contributed by atoms with Crippen LogP contribution in [0, 0.1) is 13.8 Å². The van der Waals surface area contributed by atoms with Crippen molar-refractivity contribution >= 4 is 5.78 Å². The van der Waals surface area contributed by atoms with Crippen LogP contribution in [0.1, 0.15) is 42.3 Å². The van der Waals surface area contributed by atoms with Crippen LogP contribution in [0.25, 0.3) is 0 Å². The number of rotatable bonds is 3. The van der Waals surface area contributed by atoms with Crippen molar-refractivity contribution in [3.05, 3.63) is 34.9 Å². The van der Waals surface area contributed by atoms with Crippen LogP contribution in [0.4, 0.5) is 0 Å². The zero-order valence-electron chi connectivity index (χ0n) is 10.8. The lowest BCUT2D eigenvalue weighted by Gasteiger charge is -2.19. The molecule has 1 aromatic rings. The molecule has 0 unspecified atom stereocenters. The Kier molecular flexibility index (Phi) is 3.87. The third-order valence-electron chi connectivity index (χ3n) is 2.32. The van der Waals surface area contributed by atoms with E-state index in [1.807, 2.05) is 26.0 Å². The molecule has 0 radical (unpaired) electrons. The summed E-state index contributed by atoms with van der Waals surface area (Å²) in [7, 11) is 0. The van der Waals surface area contributed by atoms with Gasteiger partial charge in [0.2, 0.25) is 0 Å². The van der Waals surface area contributed by atoms with E-state index in [-0.39, 0.29) is 11.3 Å². The normalized spacial score (nSPS) is 11.6. The Morgan fingerprint density at radius 1 is 1.12 bits per heavy atom. The minimum Gasteiger partial charge on any atom is -0.305 e. The molecule has 0 amide bonds. The van der Waals surface area contributed by atoms with Gasteiger partial charge in [-0.25, -0.2) is 0 Å². The summed E-state index contributed by atoms with van der Waals surface area (Å²) < 4.78 is 0. The maximum atomic E-state index is 11.9. The quantitative estimate of drug-likeness (QED) is 0.792. The number of benzene rings is 1.